The minimum atomic E-state index is -0.955. The predicted molar refractivity (Wildman–Crippen MR) is 267 cm³/mol. The molecule has 3 unspecified atom stereocenters. The van der Waals surface area contributed by atoms with Crippen molar-refractivity contribution >= 4 is 52.4 Å². The van der Waals surface area contributed by atoms with Crippen molar-refractivity contribution in [3.05, 3.63) is 88.5 Å². The molecule has 2 saturated heterocycles. The molecular weight excluding hydrogens is 907 g/mol. The highest BCUT2D eigenvalue weighted by molar-refractivity contribution is 6.09. The van der Waals surface area contributed by atoms with Gasteiger partial charge in [0.05, 0.1) is 18.2 Å². The molecule has 4 aliphatic heterocycles. The number of anilines is 1. The Morgan fingerprint density at radius 3 is 2.48 bits per heavy atom. The van der Waals surface area contributed by atoms with Gasteiger partial charge < -0.3 is 25.4 Å². The molecule has 1 saturated carbocycles. The molecule has 14 nitrogen and oxygen atoms in total. The van der Waals surface area contributed by atoms with Gasteiger partial charge in [-0.25, -0.2) is 18.2 Å². The van der Waals surface area contributed by atoms with E-state index in [1.54, 1.807) is 11.6 Å². The molecule has 0 radical (unpaired) electrons. The molecule has 2 aliphatic carbocycles. The van der Waals surface area contributed by atoms with E-state index in [2.05, 4.69) is 61.8 Å². The lowest BCUT2D eigenvalue weighted by Gasteiger charge is -2.39. The number of piperidine rings is 1. The summed E-state index contributed by atoms with van der Waals surface area (Å²) >= 11 is 0. The number of benzene rings is 3. The van der Waals surface area contributed by atoms with Crippen LogP contribution in [0.25, 0.3) is 22.0 Å². The minimum Gasteiger partial charge on any atom is -0.494 e. The number of nitrogens with two attached hydrogens (primary N) is 1. The van der Waals surface area contributed by atoms with Crippen molar-refractivity contribution in [2.24, 2.45) is 30.5 Å². The van der Waals surface area contributed by atoms with Gasteiger partial charge in [-0.3, -0.25) is 29.3 Å². The largest absolute Gasteiger partial charge is 0.494 e. The number of nitrogens with zero attached hydrogens (tertiary/aromatic N) is 5. The van der Waals surface area contributed by atoms with E-state index < -0.39 is 29.2 Å². The fraction of sp³-hybridized carbons (Fsp3) is 0.491. The Morgan fingerprint density at radius 2 is 1.79 bits per heavy atom. The van der Waals surface area contributed by atoms with Crippen LogP contribution in [0.15, 0.2) is 60.2 Å². The summed E-state index contributed by atoms with van der Waals surface area (Å²) in [6.07, 6.45) is 19.2. The van der Waals surface area contributed by atoms with Crippen LogP contribution in [-0.2, 0) is 16.6 Å². The fourth-order valence-electron chi connectivity index (χ4n) is 12.4. The number of halogens is 2. The summed E-state index contributed by atoms with van der Waals surface area (Å²) in [7, 11) is 3.22. The number of urea groups is 1. The second-order valence-electron chi connectivity index (χ2n) is 20.6. The second-order valence-corrected chi connectivity index (χ2v) is 20.6. The van der Waals surface area contributed by atoms with E-state index in [4.69, 9.17) is 15.2 Å². The number of nitrogens with one attached hydrogen (secondary N) is 2. The second kappa shape index (κ2) is 19.6. The average molecular weight is 972 g/mol. The van der Waals surface area contributed by atoms with Gasteiger partial charge in [-0.1, -0.05) is 25.2 Å². The molecule has 4 aromatic rings. The third-order valence-electron chi connectivity index (χ3n) is 16.5. The maximum Gasteiger partial charge on any atom is 0.329 e. The summed E-state index contributed by atoms with van der Waals surface area (Å²) in [4.78, 5) is 54.7. The maximum absolute atomic E-state index is 16.3. The molecule has 5 amide bonds. The number of ether oxygens (including phenoxy) is 2. The summed E-state index contributed by atoms with van der Waals surface area (Å²) < 4.78 is 48.6. The van der Waals surface area contributed by atoms with Crippen molar-refractivity contribution < 1.29 is 42.0 Å². The van der Waals surface area contributed by atoms with Gasteiger partial charge in [0, 0.05) is 105 Å². The summed E-state index contributed by atoms with van der Waals surface area (Å²) in [5, 5.41) is 11.7. The van der Waals surface area contributed by atoms with Crippen LogP contribution in [0, 0.1) is 36.3 Å². The number of hydrogen-bond acceptors (Lipinski definition) is 8. The van der Waals surface area contributed by atoms with Crippen LogP contribution in [0.5, 0.6) is 11.5 Å². The number of methoxy groups -OCH3 is 1. The van der Waals surface area contributed by atoms with Gasteiger partial charge in [-0.05, 0) is 111 Å². The number of carbonyl (C=O) groups is 4. The number of imide groups is 1. The van der Waals surface area contributed by atoms with Gasteiger partial charge in [0.25, 0.3) is 0 Å². The molecule has 10 rings (SSSR count). The maximum atomic E-state index is 16.3. The zero-order valence-electron chi connectivity index (χ0n) is 41.2. The van der Waals surface area contributed by atoms with Crippen LogP contribution in [0.3, 0.4) is 0 Å². The third kappa shape index (κ3) is 9.01. The van der Waals surface area contributed by atoms with Crippen molar-refractivity contribution in [3.8, 4) is 22.6 Å². The van der Waals surface area contributed by atoms with Crippen molar-refractivity contribution in [2.75, 3.05) is 44.7 Å². The summed E-state index contributed by atoms with van der Waals surface area (Å²) in [6.45, 7) is 6.85. The van der Waals surface area contributed by atoms with Gasteiger partial charge in [-0.2, -0.15) is 5.10 Å². The van der Waals surface area contributed by atoms with Gasteiger partial charge in [0.15, 0.2) is 23.0 Å². The first-order valence-electron chi connectivity index (χ1n) is 25.5. The van der Waals surface area contributed by atoms with Crippen molar-refractivity contribution in [1.82, 2.24) is 25.3 Å². The normalized spacial score (nSPS) is 24.9. The molecule has 6 aliphatic rings. The number of carbonyl (C=O) groups excluding carboxylic acids is 4. The van der Waals surface area contributed by atoms with Crippen LogP contribution < -0.4 is 30.7 Å². The molecule has 1 aromatic heterocycles. The lowest BCUT2D eigenvalue weighted by atomic mass is 9.75. The minimum absolute atomic E-state index is 0.00908. The molecular formula is C55H65F2N8O6+. The average Bonchev–Trinajstić information content (AvgIpc) is 3.86. The number of likely N-dealkylation sites (tertiary alicyclic amines) is 1. The van der Waals surface area contributed by atoms with Crippen LogP contribution in [0.2, 0.25) is 0 Å². The van der Waals surface area contributed by atoms with Crippen LogP contribution in [0.4, 0.5) is 25.1 Å². The molecule has 3 atom stereocenters. The summed E-state index contributed by atoms with van der Waals surface area (Å²) in [5.41, 5.74) is 8.72. The number of fused-ring (bicyclic) bond motifs is 2. The molecule has 3 fully saturated rings. The van der Waals surface area contributed by atoms with Crippen molar-refractivity contribution in [1.29, 1.82) is 0 Å². The highest BCUT2D eigenvalue weighted by atomic mass is 19.1. The third-order valence-corrected chi connectivity index (χ3v) is 16.5. The van der Waals surface area contributed by atoms with Gasteiger partial charge >= 0.3 is 6.03 Å². The van der Waals surface area contributed by atoms with E-state index in [0.29, 0.717) is 42.1 Å². The monoisotopic (exact) mass is 971 g/mol. The number of rotatable bonds is 12. The Morgan fingerprint density at radius 1 is 1.00 bits per heavy atom. The van der Waals surface area contributed by atoms with Crippen LogP contribution in [-0.4, -0.2) is 101 Å². The van der Waals surface area contributed by atoms with E-state index in [1.165, 1.54) is 30.2 Å². The molecule has 16 heteroatoms. The van der Waals surface area contributed by atoms with E-state index in [-0.39, 0.29) is 64.1 Å². The van der Waals surface area contributed by atoms with Crippen LogP contribution >= 0.6 is 0 Å². The summed E-state index contributed by atoms with van der Waals surface area (Å²) in [5.74, 6) is -0.608. The number of aromatic nitrogens is 2. The smallest absolute Gasteiger partial charge is 0.329 e. The first-order chi connectivity index (χ1) is 34.2. The molecule has 5 heterocycles. The van der Waals surface area contributed by atoms with E-state index in [9.17, 15) is 19.2 Å². The number of hydrogen-bond donors (Lipinski definition) is 3. The quantitative estimate of drug-likeness (QED) is 0.119. The van der Waals surface area contributed by atoms with E-state index >= 15 is 8.78 Å². The molecule has 3 aromatic carbocycles. The van der Waals surface area contributed by atoms with E-state index in [0.717, 1.165) is 112 Å². The Bertz CT molecular complexity index is 2890. The number of amides is 5. The Kier molecular flexibility index (Phi) is 13.3. The Hall–Kier alpha value is -6.42. The van der Waals surface area contributed by atoms with Crippen molar-refractivity contribution in [3.63, 3.8) is 0 Å². The molecule has 374 valence electrons. The predicted octanol–water partition coefficient (Wildman–Crippen LogP) is 8.49. The Labute approximate surface area is 413 Å². The van der Waals surface area contributed by atoms with Crippen molar-refractivity contribution in [2.45, 2.75) is 108 Å². The topological polar surface area (TPSA) is 164 Å². The molecule has 0 spiro atoms. The van der Waals surface area contributed by atoms with Gasteiger partial charge in [0.1, 0.15) is 24.3 Å². The lowest BCUT2D eigenvalue weighted by molar-refractivity contribution is -0.444. The standard InChI is InChI=1S/C55H64F2N8O6/c1-32-42(56)30-45-48(47(32)49-41(51(58)67)16-17-44(70-4)50(49)57)33(2)55(71-45,37-8-6-5-7-9-37)31-59-38-12-10-36(11-13-38)53(68)64-25-20-35(21-26-64)28-34-18-23-63(24-19-34)39-14-15-40-43(29-39)62(3)61-52(40)65-27-22-46(66)60-54(65)69/h6,8-9,14-17,23,29-30,33-36,38,59H,5,7,10-13,18-22,24-28,31H2,1-4H3,(H2-,58,60,66,67,69)/p+1. The van der Waals surface area contributed by atoms with Crippen LogP contribution in [0.1, 0.15) is 111 Å². The van der Waals surface area contributed by atoms with Gasteiger partial charge in [-0.15, -0.1) is 0 Å². The lowest BCUT2D eigenvalue weighted by Crippen LogP contribution is -2.51. The highest BCUT2D eigenvalue weighted by Crippen LogP contribution is 2.55. The van der Waals surface area contributed by atoms with Gasteiger partial charge in [0.2, 0.25) is 23.4 Å². The molecule has 0 bridgehead atoms. The SMILES string of the molecule is COc1ccc(C(N)=O)c(-c2c(C)c(F)cc3c2C(C)C(CNC2CCC(C(=O)N4CCC(CC5CC=[N+](c6ccc7c(N8CCC(=O)NC8=O)nn(C)c7c6)CC5)CC4)CC2)(C2=CCCC=C2)O3)c1F. The molecule has 4 N–H and O–H groups in total. The zero-order valence-corrected chi connectivity index (χ0v) is 41.2. The number of primary amides is 1. The fourth-order valence-corrected chi connectivity index (χ4v) is 12.4. The summed E-state index contributed by atoms with van der Waals surface area (Å²) in [6, 6.07) is 10.1. The Balaban J connectivity index is 0.736. The zero-order chi connectivity index (χ0) is 49.7. The first-order valence-corrected chi connectivity index (χ1v) is 25.5. The highest BCUT2D eigenvalue weighted by Gasteiger charge is 2.51. The number of allylic oxidation sites excluding steroid dienone is 2. The number of aryl methyl sites for hydroxylation is 1. The molecule has 71 heavy (non-hydrogen) atoms. The van der Waals surface area contributed by atoms with E-state index in [1.807, 2.05) is 20.0 Å². The first kappa shape index (κ1) is 48.2.